The molecule has 37 heavy (non-hydrogen) atoms. The summed E-state index contributed by atoms with van der Waals surface area (Å²) in [5.41, 5.74) is 4.69. The van der Waals surface area contributed by atoms with Crippen LogP contribution < -0.4 is 10.5 Å². The lowest BCUT2D eigenvalue weighted by Crippen LogP contribution is -2.53. The zero-order valence-corrected chi connectivity index (χ0v) is 20.9. The lowest BCUT2D eigenvalue weighted by atomic mass is 9.94. The highest BCUT2D eigenvalue weighted by Gasteiger charge is 2.33. The van der Waals surface area contributed by atoms with Crippen LogP contribution in [0.3, 0.4) is 0 Å². The van der Waals surface area contributed by atoms with E-state index in [1.54, 1.807) is 54.9 Å². The summed E-state index contributed by atoms with van der Waals surface area (Å²) in [5.74, 6) is -0.617. The van der Waals surface area contributed by atoms with Crippen LogP contribution in [0.1, 0.15) is 35.3 Å². The highest BCUT2D eigenvalue weighted by atomic mass is 19.1. The Kier molecular flexibility index (Phi) is 6.48. The normalized spacial score (nSPS) is 16.4. The third kappa shape index (κ3) is 4.47. The number of pyridine rings is 2. The number of hydrogen-bond donors (Lipinski definition) is 0. The van der Waals surface area contributed by atoms with Gasteiger partial charge in [0.2, 0.25) is 0 Å². The number of piperazine rings is 1. The molecule has 0 bridgehead atoms. The topological polar surface area (TPSA) is 65.2 Å². The van der Waals surface area contributed by atoms with Gasteiger partial charge in [-0.3, -0.25) is 9.69 Å². The second-order valence-electron chi connectivity index (χ2n) is 9.55. The number of aryl methyl sites for hydroxylation is 1. The monoisotopic (exact) mass is 499 g/mol. The summed E-state index contributed by atoms with van der Waals surface area (Å²) >= 11 is 0. The smallest absolute Gasteiger partial charge is 0.255 e. The molecule has 1 saturated heterocycles. The lowest BCUT2D eigenvalue weighted by Gasteiger charge is -2.45. The van der Waals surface area contributed by atoms with Crippen molar-refractivity contribution < 1.29 is 8.78 Å². The maximum Gasteiger partial charge on any atom is 0.255 e. The molecule has 2 aromatic heterocycles. The van der Waals surface area contributed by atoms with Crippen LogP contribution in [0.4, 0.5) is 14.5 Å². The van der Waals surface area contributed by atoms with Crippen LogP contribution in [0.25, 0.3) is 11.0 Å². The van der Waals surface area contributed by atoms with E-state index < -0.39 is 0 Å². The molecule has 188 valence electrons. The van der Waals surface area contributed by atoms with Gasteiger partial charge in [0.05, 0.1) is 17.2 Å². The van der Waals surface area contributed by atoms with Crippen LogP contribution >= 0.6 is 0 Å². The Hall–Kier alpha value is -4.09. The van der Waals surface area contributed by atoms with Crippen molar-refractivity contribution in [1.82, 2.24) is 14.5 Å². The lowest BCUT2D eigenvalue weighted by molar-refractivity contribution is 0.150. The molecule has 0 saturated carbocycles. The molecule has 0 aliphatic carbocycles. The first-order valence-corrected chi connectivity index (χ1v) is 12.2. The molecule has 4 aromatic rings. The summed E-state index contributed by atoms with van der Waals surface area (Å²) in [5, 5.41) is 9.43. The van der Waals surface area contributed by atoms with Gasteiger partial charge < -0.3 is 9.47 Å². The number of rotatable bonds is 4. The van der Waals surface area contributed by atoms with Crippen molar-refractivity contribution in [3.63, 3.8) is 0 Å². The number of hydrogen-bond acceptors (Lipinski definition) is 5. The highest BCUT2D eigenvalue weighted by molar-refractivity contribution is 5.90. The summed E-state index contributed by atoms with van der Waals surface area (Å²) in [6.45, 7) is 5.79. The molecule has 1 aliphatic heterocycles. The molecule has 8 heteroatoms. The molecule has 5 rings (SSSR count). The predicted molar refractivity (Wildman–Crippen MR) is 139 cm³/mol. The molecule has 0 spiro atoms. The minimum atomic E-state index is -0.309. The Labute approximate surface area is 214 Å². The number of benzene rings is 2. The summed E-state index contributed by atoms with van der Waals surface area (Å²) < 4.78 is 29.0. The number of nitrogens with zero attached hydrogens (tertiary/aromatic N) is 5. The highest BCUT2D eigenvalue weighted by Crippen LogP contribution is 2.35. The second-order valence-corrected chi connectivity index (χ2v) is 9.55. The first-order chi connectivity index (χ1) is 17.8. The SMILES string of the molecule is Cc1c(N2CCN(C(c3ccc(F)cc3)c3ccc(F)cc3)[C@H](C)C2)c2nc(C#N)ccc2n(C)c1=O. The molecule has 2 aromatic carbocycles. The molecule has 0 N–H and O–H groups in total. The maximum absolute atomic E-state index is 13.7. The average molecular weight is 500 g/mol. The van der Waals surface area contributed by atoms with E-state index in [0.717, 1.165) is 16.8 Å². The fourth-order valence-electron chi connectivity index (χ4n) is 5.41. The van der Waals surface area contributed by atoms with Gasteiger partial charge >= 0.3 is 0 Å². The maximum atomic E-state index is 13.7. The third-order valence-corrected chi connectivity index (χ3v) is 7.25. The number of halogens is 2. The van der Waals surface area contributed by atoms with Gasteiger partial charge in [0.25, 0.3) is 5.56 Å². The van der Waals surface area contributed by atoms with E-state index in [-0.39, 0.29) is 29.3 Å². The summed E-state index contributed by atoms with van der Waals surface area (Å²) in [6.07, 6.45) is 0. The number of anilines is 1. The van der Waals surface area contributed by atoms with Gasteiger partial charge in [-0.05, 0) is 61.4 Å². The van der Waals surface area contributed by atoms with Gasteiger partial charge in [-0.25, -0.2) is 13.8 Å². The van der Waals surface area contributed by atoms with E-state index in [0.29, 0.717) is 41.9 Å². The van der Waals surface area contributed by atoms with Gasteiger partial charge in [0, 0.05) is 38.3 Å². The van der Waals surface area contributed by atoms with Gasteiger partial charge in [0.1, 0.15) is 28.9 Å². The van der Waals surface area contributed by atoms with E-state index in [1.807, 2.05) is 0 Å². The van der Waals surface area contributed by atoms with Crippen LogP contribution in [-0.4, -0.2) is 40.1 Å². The Morgan fingerprint density at radius 1 is 0.973 bits per heavy atom. The van der Waals surface area contributed by atoms with E-state index in [1.165, 1.54) is 24.3 Å². The first kappa shape index (κ1) is 24.6. The predicted octanol–water partition coefficient (Wildman–Crippen LogP) is 4.69. The molecular formula is C29H27F2N5O. The molecule has 1 aliphatic rings. The van der Waals surface area contributed by atoms with Crippen molar-refractivity contribution in [2.75, 3.05) is 24.5 Å². The second kappa shape index (κ2) is 9.75. The van der Waals surface area contributed by atoms with E-state index >= 15 is 0 Å². The molecule has 0 unspecified atom stereocenters. The van der Waals surface area contributed by atoms with E-state index in [9.17, 15) is 18.8 Å². The fourth-order valence-corrected chi connectivity index (χ4v) is 5.41. The third-order valence-electron chi connectivity index (χ3n) is 7.25. The summed E-state index contributed by atoms with van der Waals surface area (Å²) in [6, 6.07) is 18.2. The quantitative estimate of drug-likeness (QED) is 0.408. The van der Waals surface area contributed by atoms with Crippen LogP contribution in [-0.2, 0) is 7.05 Å². The minimum Gasteiger partial charge on any atom is -0.367 e. The summed E-state index contributed by atoms with van der Waals surface area (Å²) in [4.78, 5) is 22.1. The van der Waals surface area contributed by atoms with Gasteiger partial charge in [-0.15, -0.1) is 0 Å². The molecule has 1 atom stereocenters. The zero-order valence-electron chi connectivity index (χ0n) is 20.9. The molecule has 6 nitrogen and oxygen atoms in total. The summed E-state index contributed by atoms with van der Waals surface area (Å²) in [7, 11) is 1.71. The first-order valence-electron chi connectivity index (χ1n) is 12.2. The number of aromatic nitrogens is 2. The number of fused-ring (bicyclic) bond motifs is 1. The van der Waals surface area contributed by atoms with Crippen molar-refractivity contribution >= 4 is 16.7 Å². The van der Waals surface area contributed by atoms with Gasteiger partial charge in [-0.2, -0.15) is 5.26 Å². The van der Waals surface area contributed by atoms with Crippen molar-refractivity contribution in [2.45, 2.75) is 25.9 Å². The molecule has 0 radical (unpaired) electrons. The van der Waals surface area contributed by atoms with Crippen LogP contribution in [0.5, 0.6) is 0 Å². The van der Waals surface area contributed by atoms with E-state index in [2.05, 4.69) is 27.8 Å². The van der Waals surface area contributed by atoms with Crippen molar-refractivity contribution in [2.24, 2.45) is 7.05 Å². The minimum absolute atomic E-state index is 0.0338. The van der Waals surface area contributed by atoms with Gasteiger partial charge in [-0.1, -0.05) is 24.3 Å². The average Bonchev–Trinajstić information content (AvgIpc) is 2.90. The zero-order chi connectivity index (χ0) is 26.3. The number of nitriles is 1. The van der Waals surface area contributed by atoms with Crippen LogP contribution in [0.15, 0.2) is 65.5 Å². The molecular weight excluding hydrogens is 472 g/mol. The molecule has 3 heterocycles. The Bertz CT molecular complexity index is 1510. The Morgan fingerprint density at radius 3 is 2.11 bits per heavy atom. The molecule has 1 fully saturated rings. The van der Waals surface area contributed by atoms with Crippen molar-refractivity contribution in [1.29, 1.82) is 5.26 Å². The fraction of sp³-hybridized carbons (Fsp3) is 0.276. The molecule has 0 amide bonds. The Balaban J connectivity index is 1.54. The van der Waals surface area contributed by atoms with Crippen molar-refractivity contribution in [3.8, 4) is 6.07 Å². The van der Waals surface area contributed by atoms with E-state index in [4.69, 9.17) is 0 Å². The largest absolute Gasteiger partial charge is 0.367 e. The van der Waals surface area contributed by atoms with Crippen molar-refractivity contribution in [3.05, 3.63) is 105 Å². The van der Waals surface area contributed by atoms with Gasteiger partial charge in [0.15, 0.2) is 0 Å². The van der Waals surface area contributed by atoms with Crippen LogP contribution in [0.2, 0.25) is 0 Å². The Morgan fingerprint density at radius 2 is 1.57 bits per heavy atom. The van der Waals surface area contributed by atoms with Crippen LogP contribution in [0, 0.1) is 29.9 Å². The standard InChI is InChI=1S/C29H27F2N5O/c1-18-17-35(27-19(2)29(37)34(3)25-13-12-24(16-32)33-26(25)27)14-15-36(18)28(20-4-8-22(30)9-5-20)21-6-10-23(31)11-7-21/h4-13,18,28H,14-15,17H2,1-3H3/t18-/m1/s1.